The van der Waals surface area contributed by atoms with Gasteiger partial charge in [0.2, 0.25) is 0 Å². The Balaban J connectivity index is 1.52. The van der Waals surface area contributed by atoms with Crippen LogP contribution < -0.4 is 20.7 Å². The van der Waals surface area contributed by atoms with Crippen LogP contribution in [0.5, 0.6) is 5.75 Å². The number of anilines is 2. The topological polar surface area (TPSA) is 97.2 Å². The van der Waals surface area contributed by atoms with Crippen molar-refractivity contribution in [2.24, 2.45) is 0 Å². The Bertz CT molecular complexity index is 952. The molecule has 4 N–H and O–H groups in total. The van der Waals surface area contributed by atoms with Gasteiger partial charge in [0.25, 0.3) is 11.8 Å². The Hall–Kier alpha value is -3.58. The number of hydrogen-bond acceptors (Lipinski definition) is 4. The van der Waals surface area contributed by atoms with E-state index >= 15 is 0 Å². The van der Waals surface area contributed by atoms with Gasteiger partial charge in [0.1, 0.15) is 11.8 Å². The molecule has 0 bridgehead atoms. The molecule has 0 spiro atoms. The van der Waals surface area contributed by atoms with Crippen LogP contribution in [0.3, 0.4) is 0 Å². The summed E-state index contributed by atoms with van der Waals surface area (Å²) in [7, 11) is 1.55. The van der Waals surface area contributed by atoms with Gasteiger partial charge in [-0.2, -0.15) is 0 Å². The van der Waals surface area contributed by atoms with Gasteiger partial charge in [0.15, 0.2) is 12.3 Å². The summed E-state index contributed by atoms with van der Waals surface area (Å²) in [5.74, 6) is 1.02. The number of carbonyl (C=O) groups excluding carboxylic acids is 2. The van der Waals surface area contributed by atoms with Crippen LogP contribution in [0, 0.1) is 0 Å². The number of rotatable bonds is 8. The summed E-state index contributed by atoms with van der Waals surface area (Å²) in [6, 6.07) is 17.7. The molecule has 0 aliphatic rings. The highest BCUT2D eigenvalue weighted by Gasteiger charge is 2.14. The zero-order valence-electron chi connectivity index (χ0n) is 16.3. The Morgan fingerprint density at radius 1 is 1.03 bits per heavy atom. The van der Waals surface area contributed by atoms with Gasteiger partial charge in [-0.3, -0.25) is 9.59 Å². The van der Waals surface area contributed by atoms with Crippen molar-refractivity contribution < 1.29 is 24.1 Å². The SMILES string of the molecule is COc1ccccc1NC(=O)c1ccc(NC(=O)C[NH2+][C@@H](C)c2ccco2)cc1. The van der Waals surface area contributed by atoms with Crippen molar-refractivity contribution in [1.82, 2.24) is 0 Å². The monoisotopic (exact) mass is 394 g/mol. The summed E-state index contributed by atoms with van der Waals surface area (Å²) in [5.41, 5.74) is 1.70. The van der Waals surface area contributed by atoms with E-state index in [0.29, 0.717) is 22.7 Å². The van der Waals surface area contributed by atoms with E-state index in [0.717, 1.165) is 5.76 Å². The van der Waals surface area contributed by atoms with Crippen molar-refractivity contribution in [2.45, 2.75) is 13.0 Å². The Kier molecular flexibility index (Phi) is 6.65. The number of nitrogens with one attached hydrogen (secondary N) is 2. The number of furan rings is 1. The summed E-state index contributed by atoms with van der Waals surface area (Å²) < 4.78 is 10.6. The lowest BCUT2D eigenvalue weighted by Crippen LogP contribution is -2.86. The minimum Gasteiger partial charge on any atom is -0.495 e. The third-order valence-corrected chi connectivity index (χ3v) is 4.43. The molecule has 3 rings (SSSR count). The Labute approximate surface area is 169 Å². The van der Waals surface area contributed by atoms with Gasteiger partial charge in [-0.15, -0.1) is 0 Å². The number of quaternary nitrogens is 1. The zero-order valence-corrected chi connectivity index (χ0v) is 16.3. The molecule has 0 aliphatic carbocycles. The predicted molar refractivity (Wildman–Crippen MR) is 110 cm³/mol. The van der Waals surface area contributed by atoms with Crippen molar-refractivity contribution >= 4 is 23.2 Å². The highest BCUT2D eigenvalue weighted by atomic mass is 16.5. The summed E-state index contributed by atoms with van der Waals surface area (Å²) in [6.07, 6.45) is 1.62. The minimum absolute atomic E-state index is 0.0526. The van der Waals surface area contributed by atoms with Crippen molar-refractivity contribution in [2.75, 3.05) is 24.3 Å². The van der Waals surface area contributed by atoms with Crippen LogP contribution in [0.1, 0.15) is 29.1 Å². The van der Waals surface area contributed by atoms with Crippen molar-refractivity contribution in [3.05, 3.63) is 78.3 Å². The first kappa shape index (κ1) is 20.2. The van der Waals surface area contributed by atoms with Gasteiger partial charge in [0, 0.05) is 11.3 Å². The lowest BCUT2D eigenvalue weighted by Gasteiger charge is -2.11. The molecule has 0 fully saturated rings. The van der Waals surface area contributed by atoms with E-state index in [9.17, 15) is 9.59 Å². The molecule has 0 radical (unpaired) electrons. The number of amides is 2. The molecule has 0 aliphatic heterocycles. The van der Waals surface area contributed by atoms with E-state index in [1.54, 1.807) is 49.8 Å². The average molecular weight is 394 g/mol. The lowest BCUT2D eigenvalue weighted by atomic mass is 10.2. The first-order chi connectivity index (χ1) is 14.1. The van der Waals surface area contributed by atoms with Crippen LogP contribution >= 0.6 is 0 Å². The number of methoxy groups -OCH3 is 1. The molecule has 0 saturated carbocycles. The van der Waals surface area contributed by atoms with E-state index in [2.05, 4.69) is 10.6 Å². The second-order valence-electron chi connectivity index (χ2n) is 6.52. The molecule has 29 heavy (non-hydrogen) atoms. The largest absolute Gasteiger partial charge is 0.495 e. The van der Waals surface area contributed by atoms with E-state index in [-0.39, 0.29) is 24.4 Å². The Morgan fingerprint density at radius 2 is 1.79 bits per heavy atom. The third kappa shape index (κ3) is 5.46. The quantitative estimate of drug-likeness (QED) is 0.547. The van der Waals surface area contributed by atoms with Gasteiger partial charge in [-0.25, -0.2) is 0 Å². The van der Waals surface area contributed by atoms with Gasteiger partial charge >= 0.3 is 0 Å². The van der Waals surface area contributed by atoms with E-state index < -0.39 is 0 Å². The molecule has 2 amide bonds. The maximum absolute atomic E-state index is 12.4. The van der Waals surface area contributed by atoms with E-state index in [1.165, 1.54) is 0 Å². The summed E-state index contributed by atoms with van der Waals surface area (Å²) in [6.45, 7) is 2.24. The summed E-state index contributed by atoms with van der Waals surface area (Å²) in [5, 5.41) is 7.54. The van der Waals surface area contributed by atoms with Crippen LogP contribution in [0.4, 0.5) is 11.4 Å². The number of carbonyl (C=O) groups is 2. The van der Waals surface area contributed by atoms with Crippen molar-refractivity contribution in [3.63, 3.8) is 0 Å². The van der Waals surface area contributed by atoms with Crippen LogP contribution in [-0.4, -0.2) is 25.5 Å². The molecule has 1 atom stereocenters. The number of benzene rings is 2. The molecular weight excluding hydrogens is 370 g/mol. The van der Waals surface area contributed by atoms with E-state index in [4.69, 9.17) is 9.15 Å². The van der Waals surface area contributed by atoms with Crippen molar-refractivity contribution in [1.29, 1.82) is 0 Å². The van der Waals surface area contributed by atoms with Crippen molar-refractivity contribution in [3.8, 4) is 5.75 Å². The fraction of sp³-hybridized carbons (Fsp3) is 0.182. The lowest BCUT2D eigenvalue weighted by molar-refractivity contribution is -0.684. The van der Waals surface area contributed by atoms with Gasteiger partial charge < -0.3 is 25.1 Å². The normalized spacial score (nSPS) is 11.5. The number of nitrogens with two attached hydrogens (primary N) is 1. The molecule has 7 heteroatoms. The van der Waals surface area contributed by atoms with Crippen LogP contribution in [-0.2, 0) is 4.79 Å². The first-order valence-electron chi connectivity index (χ1n) is 9.28. The first-order valence-corrected chi connectivity index (χ1v) is 9.28. The zero-order chi connectivity index (χ0) is 20.6. The molecule has 1 aromatic heterocycles. The summed E-state index contributed by atoms with van der Waals surface area (Å²) in [4.78, 5) is 24.6. The third-order valence-electron chi connectivity index (χ3n) is 4.43. The summed E-state index contributed by atoms with van der Waals surface area (Å²) >= 11 is 0. The molecule has 2 aromatic carbocycles. The maximum Gasteiger partial charge on any atom is 0.279 e. The van der Waals surface area contributed by atoms with Gasteiger partial charge in [-0.1, -0.05) is 12.1 Å². The molecule has 0 saturated heterocycles. The number of ether oxygens (including phenoxy) is 1. The number of para-hydroxylation sites is 2. The van der Waals surface area contributed by atoms with Crippen LogP contribution in [0.15, 0.2) is 71.3 Å². The second kappa shape index (κ2) is 9.57. The van der Waals surface area contributed by atoms with E-state index in [1.807, 2.05) is 36.5 Å². The number of hydrogen-bond donors (Lipinski definition) is 3. The fourth-order valence-electron chi connectivity index (χ4n) is 2.81. The van der Waals surface area contributed by atoms with Gasteiger partial charge in [-0.05, 0) is 55.5 Å². The second-order valence-corrected chi connectivity index (χ2v) is 6.52. The highest BCUT2D eigenvalue weighted by Crippen LogP contribution is 2.23. The molecule has 150 valence electrons. The smallest absolute Gasteiger partial charge is 0.279 e. The van der Waals surface area contributed by atoms with Crippen LogP contribution in [0.2, 0.25) is 0 Å². The van der Waals surface area contributed by atoms with Gasteiger partial charge in [0.05, 0.1) is 19.1 Å². The maximum atomic E-state index is 12.4. The molecule has 0 unspecified atom stereocenters. The van der Waals surface area contributed by atoms with Crippen LogP contribution in [0.25, 0.3) is 0 Å². The highest BCUT2D eigenvalue weighted by molar-refractivity contribution is 6.05. The molecular formula is C22H24N3O4+. The molecule has 7 nitrogen and oxygen atoms in total. The molecule has 3 aromatic rings. The molecule has 1 heterocycles. The average Bonchev–Trinajstić information content (AvgIpc) is 3.28. The fourth-order valence-corrected chi connectivity index (χ4v) is 2.81. The standard InChI is InChI=1S/C22H23N3O4/c1-15(19-8-5-13-29-19)23-14-21(26)24-17-11-9-16(10-12-17)22(27)25-18-6-3-4-7-20(18)28-2/h3-13,15,23H,14H2,1-2H3,(H,24,26)(H,25,27)/p+1/t15-/m0/s1. The Morgan fingerprint density at radius 3 is 2.48 bits per heavy atom. The predicted octanol–water partition coefficient (Wildman–Crippen LogP) is 2.80. The minimum atomic E-state index is -0.256.